The Morgan fingerprint density at radius 1 is 1.45 bits per heavy atom. The Morgan fingerprint density at radius 2 is 2.27 bits per heavy atom. The fourth-order valence-electron chi connectivity index (χ4n) is 3.29. The molecule has 116 valence electrons. The molecule has 0 bridgehead atoms. The molecule has 1 aromatic carbocycles. The predicted molar refractivity (Wildman–Crippen MR) is 83.7 cm³/mol. The second-order valence-electron chi connectivity index (χ2n) is 5.99. The number of carbonyl (C=O) groups is 1. The Labute approximate surface area is 130 Å². The molecule has 0 aliphatic carbocycles. The number of hydrogen-bond donors (Lipinski definition) is 1. The maximum atomic E-state index is 11.1. The molecule has 1 saturated heterocycles. The molecule has 1 fully saturated rings. The maximum absolute atomic E-state index is 11.1. The molecule has 22 heavy (non-hydrogen) atoms. The third-order valence-corrected chi connectivity index (χ3v) is 4.25. The van der Waals surface area contributed by atoms with Gasteiger partial charge in [0.1, 0.15) is 5.82 Å². The summed E-state index contributed by atoms with van der Waals surface area (Å²) >= 11 is 0. The summed E-state index contributed by atoms with van der Waals surface area (Å²) in [5.74, 6) is 0.226. The highest BCUT2D eigenvalue weighted by Crippen LogP contribution is 2.32. The number of aryl methyl sites for hydroxylation is 2. The van der Waals surface area contributed by atoms with Crippen LogP contribution in [0, 0.1) is 6.92 Å². The van der Waals surface area contributed by atoms with Crippen LogP contribution >= 0.6 is 0 Å². The van der Waals surface area contributed by atoms with Gasteiger partial charge >= 0.3 is 5.97 Å². The Bertz CT molecular complexity index is 693. The zero-order chi connectivity index (χ0) is 15.7. The van der Waals surface area contributed by atoms with Crippen LogP contribution in [0.15, 0.2) is 30.5 Å². The van der Waals surface area contributed by atoms with Crippen LogP contribution in [0.25, 0.3) is 0 Å². The molecule has 0 saturated carbocycles. The Morgan fingerprint density at radius 3 is 2.95 bits per heavy atom. The first-order valence-electron chi connectivity index (χ1n) is 7.61. The summed E-state index contributed by atoms with van der Waals surface area (Å²) < 4.78 is 2.10. The summed E-state index contributed by atoms with van der Waals surface area (Å²) in [6.45, 7) is 3.80. The number of carboxylic acids is 1. The first kappa shape index (κ1) is 14.8. The van der Waals surface area contributed by atoms with Crippen LogP contribution in [-0.2, 0) is 13.6 Å². The van der Waals surface area contributed by atoms with Crippen LogP contribution in [0.1, 0.15) is 46.3 Å². The molecule has 5 nitrogen and oxygen atoms in total. The van der Waals surface area contributed by atoms with Gasteiger partial charge in [-0.05, 0) is 44.0 Å². The number of carboxylic acid groups (broad SMARTS) is 1. The van der Waals surface area contributed by atoms with Crippen LogP contribution < -0.4 is 0 Å². The molecule has 2 aromatic rings. The van der Waals surface area contributed by atoms with Gasteiger partial charge in [0.25, 0.3) is 0 Å². The lowest BCUT2D eigenvalue weighted by Gasteiger charge is -2.24. The van der Waals surface area contributed by atoms with E-state index >= 15 is 0 Å². The molecule has 3 rings (SSSR count). The summed E-state index contributed by atoms with van der Waals surface area (Å²) in [7, 11) is 2.04. The van der Waals surface area contributed by atoms with Gasteiger partial charge in [0, 0.05) is 19.8 Å². The van der Waals surface area contributed by atoms with E-state index in [1.807, 2.05) is 26.1 Å². The average molecular weight is 299 g/mol. The van der Waals surface area contributed by atoms with Gasteiger partial charge in [0.15, 0.2) is 0 Å². The standard InChI is InChI=1S/C17H21N3O2/c1-12-10-19(2)16(18-12)15-7-4-8-20(15)11-13-5-3-6-14(9-13)17(21)22/h3,5-6,9-10,15H,4,7-8,11H2,1-2H3,(H,21,22)/t15-/m0/s1. The molecule has 0 radical (unpaired) electrons. The lowest BCUT2D eigenvalue weighted by atomic mass is 10.1. The van der Waals surface area contributed by atoms with Gasteiger partial charge < -0.3 is 9.67 Å². The molecule has 0 amide bonds. The number of nitrogens with zero attached hydrogens (tertiary/aromatic N) is 3. The van der Waals surface area contributed by atoms with E-state index in [0.29, 0.717) is 11.6 Å². The third-order valence-electron chi connectivity index (χ3n) is 4.25. The number of aromatic carboxylic acids is 1. The van der Waals surface area contributed by atoms with Crippen molar-refractivity contribution in [1.82, 2.24) is 14.5 Å². The molecule has 1 atom stereocenters. The molecular weight excluding hydrogens is 278 g/mol. The van der Waals surface area contributed by atoms with Gasteiger partial charge in [0.2, 0.25) is 0 Å². The monoisotopic (exact) mass is 299 g/mol. The van der Waals surface area contributed by atoms with E-state index in [2.05, 4.69) is 20.6 Å². The molecule has 1 aromatic heterocycles. The van der Waals surface area contributed by atoms with Gasteiger partial charge in [0.05, 0.1) is 17.3 Å². The largest absolute Gasteiger partial charge is 0.478 e. The number of likely N-dealkylation sites (tertiary alicyclic amines) is 1. The van der Waals surface area contributed by atoms with Gasteiger partial charge in [-0.25, -0.2) is 9.78 Å². The summed E-state index contributed by atoms with van der Waals surface area (Å²) in [6, 6.07) is 7.52. The Kier molecular flexibility index (Phi) is 3.98. The van der Waals surface area contributed by atoms with Crippen molar-refractivity contribution in [2.24, 2.45) is 7.05 Å². The minimum absolute atomic E-state index is 0.312. The maximum Gasteiger partial charge on any atom is 0.335 e. The molecule has 2 heterocycles. The highest BCUT2D eigenvalue weighted by molar-refractivity contribution is 5.87. The number of hydrogen-bond acceptors (Lipinski definition) is 3. The third kappa shape index (κ3) is 2.90. The number of rotatable bonds is 4. The molecule has 5 heteroatoms. The van der Waals surface area contributed by atoms with Crippen molar-refractivity contribution in [2.45, 2.75) is 32.4 Å². The van der Waals surface area contributed by atoms with E-state index in [9.17, 15) is 4.79 Å². The van der Waals surface area contributed by atoms with E-state index in [0.717, 1.165) is 43.0 Å². The van der Waals surface area contributed by atoms with E-state index in [1.54, 1.807) is 12.1 Å². The zero-order valence-corrected chi connectivity index (χ0v) is 13.0. The first-order valence-corrected chi connectivity index (χ1v) is 7.61. The molecular formula is C17H21N3O2. The number of aromatic nitrogens is 2. The summed E-state index contributed by atoms with van der Waals surface area (Å²) in [6.07, 6.45) is 4.30. The minimum atomic E-state index is -0.875. The average Bonchev–Trinajstić information content (AvgIpc) is 3.05. The molecule has 0 unspecified atom stereocenters. The van der Waals surface area contributed by atoms with Crippen molar-refractivity contribution in [3.63, 3.8) is 0 Å². The second kappa shape index (κ2) is 5.93. The minimum Gasteiger partial charge on any atom is -0.478 e. The predicted octanol–water partition coefficient (Wildman–Crippen LogP) is 2.76. The van der Waals surface area contributed by atoms with Crippen molar-refractivity contribution in [3.05, 3.63) is 53.1 Å². The van der Waals surface area contributed by atoms with E-state index < -0.39 is 5.97 Å². The summed E-state index contributed by atoms with van der Waals surface area (Å²) in [4.78, 5) is 18.1. The van der Waals surface area contributed by atoms with Crippen LogP contribution in [0.2, 0.25) is 0 Å². The first-order chi connectivity index (χ1) is 10.5. The smallest absolute Gasteiger partial charge is 0.335 e. The normalized spacial score (nSPS) is 18.7. The second-order valence-corrected chi connectivity index (χ2v) is 5.99. The van der Waals surface area contributed by atoms with Crippen molar-refractivity contribution in [1.29, 1.82) is 0 Å². The van der Waals surface area contributed by atoms with Gasteiger partial charge in [-0.2, -0.15) is 0 Å². The molecule has 1 aliphatic rings. The van der Waals surface area contributed by atoms with Crippen LogP contribution in [-0.4, -0.2) is 32.1 Å². The lowest BCUT2D eigenvalue weighted by Crippen LogP contribution is -2.25. The zero-order valence-electron chi connectivity index (χ0n) is 13.0. The van der Waals surface area contributed by atoms with Crippen molar-refractivity contribution < 1.29 is 9.90 Å². The lowest BCUT2D eigenvalue weighted by molar-refractivity contribution is 0.0696. The van der Waals surface area contributed by atoms with Crippen LogP contribution in [0.4, 0.5) is 0 Å². The van der Waals surface area contributed by atoms with E-state index in [1.165, 1.54) is 0 Å². The molecule has 1 aliphatic heterocycles. The van der Waals surface area contributed by atoms with E-state index in [4.69, 9.17) is 5.11 Å². The van der Waals surface area contributed by atoms with E-state index in [-0.39, 0.29) is 0 Å². The fourth-order valence-corrected chi connectivity index (χ4v) is 3.29. The molecule has 1 N–H and O–H groups in total. The fraction of sp³-hybridized carbons (Fsp3) is 0.412. The van der Waals surface area contributed by atoms with Crippen molar-refractivity contribution in [3.8, 4) is 0 Å². The number of benzene rings is 1. The van der Waals surface area contributed by atoms with Gasteiger partial charge in [-0.1, -0.05) is 12.1 Å². The Hall–Kier alpha value is -2.14. The van der Waals surface area contributed by atoms with Crippen LogP contribution in [0.3, 0.4) is 0 Å². The highest BCUT2D eigenvalue weighted by Gasteiger charge is 2.29. The van der Waals surface area contributed by atoms with Crippen molar-refractivity contribution >= 4 is 5.97 Å². The van der Waals surface area contributed by atoms with Crippen molar-refractivity contribution in [2.75, 3.05) is 6.54 Å². The molecule has 0 spiro atoms. The Balaban J connectivity index is 1.81. The van der Waals surface area contributed by atoms with Crippen LogP contribution in [0.5, 0.6) is 0 Å². The number of imidazole rings is 1. The summed E-state index contributed by atoms with van der Waals surface area (Å²) in [5, 5.41) is 9.11. The van der Waals surface area contributed by atoms with Gasteiger partial charge in [-0.3, -0.25) is 4.90 Å². The quantitative estimate of drug-likeness (QED) is 0.943. The SMILES string of the molecule is Cc1cn(C)c([C@@H]2CCCN2Cc2cccc(C(=O)O)c2)n1. The topological polar surface area (TPSA) is 58.4 Å². The summed E-state index contributed by atoms with van der Waals surface area (Å²) in [5.41, 5.74) is 2.43. The van der Waals surface area contributed by atoms with Gasteiger partial charge in [-0.15, -0.1) is 0 Å². The highest BCUT2D eigenvalue weighted by atomic mass is 16.4.